The van der Waals surface area contributed by atoms with Gasteiger partial charge in [-0.1, -0.05) is 6.92 Å². The van der Waals surface area contributed by atoms with E-state index in [1.807, 2.05) is 6.92 Å². The molecule has 44 valence electrons. The third-order valence-corrected chi connectivity index (χ3v) is 0.965. The van der Waals surface area contributed by atoms with Gasteiger partial charge in [-0.25, -0.2) is 0 Å². The average molecular weight is 110 g/mol. The fraction of sp³-hybridized carbons (Fsp3) is 0.571. The molecule has 0 fully saturated rings. The van der Waals surface area contributed by atoms with Gasteiger partial charge >= 0.3 is 0 Å². The topological polar surface area (TPSA) is 17.1 Å². The van der Waals surface area contributed by atoms with E-state index < -0.39 is 0 Å². The molecule has 0 bridgehead atoms. The molecular weight excluding hydrogens is 100 g/mol. The summed E-state index contributed by atoms with van der Waals surface area (Å²) in [7, 11) is 0. The molecule has 8 heavy (non-hydrogen) atoms. The maximum absolute atomic E-state index is 9.82. The van der Waals surface area contributed by atoms with Gasteiger partial charge in [0.25, 0.3) is 0 Å². The highest BCUT2D eigenvalue weighted by atomic mass is 16.1. The molecule has 0 aromatic rings. The van der Waals surface area contributed by atoms with Crippen LogP contribution in [-0.4, -0.2) is 6.29 Å². The van der Waals surface area contributed by atoms with E-state index in [9.17, 15) is 4.79 Å². The van der Waals surface area contributed by atoms with E-state index in [4.69, 9.17) is 6.42 Å². The Morgan fingerprint density at radius 1 is 1.88 bits per heavy atom. The lowest BCUT2D eigenvalue weighted by Gasteiger charge is -1.97. The van der Waals surface area contributed by atoms with E-state index in [1.54, 1.807) is 0 Å². The highest BCUT2D eigenvalue weighted by molar-refractivity contribution is 5.49. The van der Waals surface area contributed by atoms with E-state index in [1.165, 1.54) is 0 Å². The summed E-state index contributed by atoms with van der Waals surface area (Å²) in [6, 6.07) is 0. The van der Waals surface area contributed by atoms with Crippen molar-refractivity contribution < 1.29 is 4.79 Å². The van der Waals surface area contributed by atoms with Gasteiger partial charge in [0.1, 0.15) is 6.29 Å². The van der Waals surface area contributed by atoms with Crippen LogP contribution < -0.4 is 0 Å². The van der Waals surface area contributed by atoms with Crippen LogP contribution in [0.15, 0.2) is 0 Å². The van der Waals surface area contributed by atoms with E-state index in [0.29, 0.717) is 18.8 Å². The van der Waals surface area contributed by atoms with Crippen LogP contribution >= 0.6 is 0 Å². The summed E-state index contributed by atoms with van der Waals surface area (Å²) in [6.45, 7) is 1.97. The molecule has 0 saturated carbocycles. The zero-order chi connectivity index (χ0) is 6.41. The Morgan fingerprint density at radius 3 is 2.88 bits per heavy atom. The molecule has 0 unspecified atom stereocenters. The summed E-state index contributed by atoms with van der Waals surface area (Å²) in [5, 5.41) is 0. The molecular formula is C7H10O. The fourth-order valence-electron chi connectivity index (χ4n) is 0.449. The first-order chi connectivity index (χ1) is 3.81. The van der Waals surface area contributed by atoms with Crippen molar-refractivity contribution in [1.29, 1.82) is 0 Å². The molecule has 0 aromatic heterocycles. The minimum Gasteiger partial charge on any atom is -0.303 e. The zero-order valence-electron chi connectivity index (χ0n) is 5.05. The minimum atomic E-state index is 0.359. The van der Waals surface area contributed by atoms with E-state index in [2.05, 4.69) is 5.92 Å². The highest BCUT2D eigenvalue weighted by Gasteiger charge is 1.95. The van der Waals surface area contributed by atoms with Crippen molar-refractivity contribution in [1.82, 2.24) is 0 Å². The molecule has 0 aliphatic heterocycles. The molecule has 1 atom stereocenters. The zero-order valence-corrected chi connectivity index (χ0v) is 5.05. The van der Waals surface area contributed by atoms with Gasteiger partial charge in [-0.05, 0) is 5.92 Å². The average Bonchev–Trinajstić information content (AvgIpc) is 1.68. The first-order valence-corrected chi connectivity index (χ1v) is 2.68. The maximum Gasteiger partial charge on any atom is 0.120 e. The van der Waals surface area contributed by atoms with Crippen LogP contribution in [0.2, 0.25) is 0 Å². The number of carbonyl (C=O) groups excluding carboxylic acids is 1. The molecule has 0 spiro atoms. The van der Waals surface area contributed by atoms with Crippen molar-refractivity contribution >= 4 is 6.29 Å². The molecule has 0 aliphatic carbocycles. The Kier molecular flexibility index (Phi) is 3.97. The van der Waals surface area contributed by atoms with Crippen LogP contribution in [0.4, 0.5) is 0 Å². The number of hydrogen-bond donors (Lipinski definition) is 0. The molecule has 1 nitrogen and oxygen atoms in total. The molecule has 0 N–H and O–H groups in total. The Hall–Kier alpha value is -0.770. The van der Waals surface area contributed by atoms with Crippen LogP contribution in [0.5, 0.6) is 0 Å². The van der Waals surface area contributed by atoms with E-state index >= 15 is 0 Å². The molecule has 0 aromatic carbocycles. The van der Waals surface area contributed by atoms with Crippen LogP contribution in [0.1, 0.15) is 19.8 Å². The summed E-state index contributed by atoms with van der Waals surface area (Å²) in [5.74, 6) is 2.85. The van der Waals surface area contributed by atoms with Gasteiger partial charge in [-0.15, -0.1) is 12.3 Å². The van der Waals surface area contributed by atoms with E-state index in [0.717, 1.165) is 6.29 Å². The predicted octanol–water partition coefficient (Wildman–Crippen LogP) is 1.23. The quantitative estimate of drug-likeness (QED) is 0.394. The molecule has 0 heterocycles. The maximum atomic E-state index is 9.82. The smallest absolute Gasteiger partial charge is 0.120 e. The van der Waals surface area contributed by atoms with Crippen LogP contribution in [0.25, 0.3) is 0 Å². The molecule has 0 radical (unpaired) electrons. The van der Waals surface area contributed by atoms with Crippen LogP contribution in [0, 0.1) is 18.3 Å². The first-order valence-electron chi connectivity index (χ1n) is 2.68. The summed E-state index contributed by atoms with van der Waals surface area (Å²) in [6.07, 6.45) is 7.19. The van der Waals surface area contributed by atoms with Gasteiger partial charge in [-0.2, -0.15) is 0 Å². The second-order valence-corrected chi connectivity index (χ2v) is 1.92. The fourth-order valence-corrected chi connectivity index (χ4v) is 0.449. The molecule has 1 heteroatoms. The normalized spacial score (nSPS) is 12.0. The van der Waals surface area contributed by atoms with Gasteiger partial charge in [0, 0.05) is 12.8 Å². The number of carbonyl (C=O) groups is 1. The number of aldehydes is 1. The van der Waals surface area contributed by atoms with Crippen molar-refractivity contribution in [2.24, 2.45) is 5.92 Å². The third kappa shape index (κ3) is 3.42. The minimum absolute atomic E-state index is 0.359. The summed E-state index contributed by atoms with van der Waals surface area (Å²) < 4.78 is 0. The number of rotatable bonds is 3. The Morgan fingerprint density at radius 2 is 2.50 bits per heavy atom. The Bertz CT molecular complexity index is 99.4. The van der Waals surface area contributed by atoms with Crippen molar-refractivity contribution in [3.8, 4) is 12.3 Å². The largest absolute Gasteiger partial charge is 0.303 e. The van der Waals surface area contributed by atoms with Gasteiger partial charge in [0.15, 0.2) is 0 Å². The van der Waals surface area contributed by atoms with Crippen molar-refractivity contribution in [2.45, 2.75) is 19.8 Å². The van der Waals surface area contributed by atoms with Crippen LogP contribution in [-0.2, 0) is 4.79 Å². The first kappa shape index (κ1) is 7.23. The number of terminal acetylenes is 1. The van der Waals surface area contributed by atoms with Crippen molar-refractivity contribution in [3.63, 3.8) is 0 Å². The van der Waals surface area contributed by atoms with Crippen molar-refractivity contribution in [2.75, 3.05) is 0 Å². The Labute approximate surface area is 50.1 Å². The second-order valence-electron chi connectivity index (χ2n) is 1.92. The van der Waals surface area contributed by atoms with Crippen molar-refractivity contribution in [3.05, 3.63) is 0 Å². The predicted molar refractivity (Wildman–Crippen MR) is 33.3 cm³/mol. The molecule has 0 amide bonds. The van der Waals surface area contributed by atoms with Gasteiger partial charge in [0.2, 0.25) is 0 Å². The summed E-state index contributed by atoms with van der Waals surface area (Å²) in [5.41, 5.74) is 0. The van der Waals surface area contributed by atoms with Gasteiger partial charge in [-0.3, -0.25) is 0 Å². The molecule has 0 saturated heterocycles. The van der Waals surface area contributed by atoms with Gasteiger partial charge < -0.3 is 4.79 Å². The summed E-state index contributed by atoms with van der Waals surface area (Å²) in [4.78, 5) is 9.82. The lowest BCUT2D eigenvalue weighted by atomic mass is 10.1. The second kappa shape index (κ2) is 4.39. The number of hydrogen-bond acceptors (Lipinski definition) is 1. The highest BCUT2D eigenvalue weighted by Crippen LogP contribution is 2.02. The SMILES string of the molecule is C#CC[C@H](C)CC=O. The van der Waals surface area contributed by atoms with Crippen LogP contribution in [0.3, 0.4) is 0 Å². The third-order valence-electron chi connectivity index (χ3n) is 0.965. The Balaban J connectivity index is 3.20. The monoisotopic (exact) mass is 110 g/mol. The lowest BCUT2D eigenvalue weighted by molar-refractivity contribution is -0.108. The van der Waals surface area contributed by atoms with Gasteiger partial charge in [0.05, 0.1) is 0 Å². The summed E-state index contributed by atoms with van der Waals surface area (Å²) >= 11 is 0. The molecule has 0 rings (SSSR count). The molecule has 0 aliphatic rings. The lowest BCUT2D eigenvalue weighted by Crippen LogP contribution is -1.91. The van der Waals surface area contributed by atoms with E-state index in [-0.39, 0.29) is 0 Å². The standard InChI is InChI=1S/C7H10O/c1-3-4-7(2)5-6-8/h1,6-7H,4-5H2,2H3/t7-/m0/s1.